The molecule has 0 aliphatic rings. The molecule has 2 N–H and O–H groups in total. The van der Waals surface area contributed by atoms with E-state index in [-0.39, 0.29) is 22.1 Å². The van der Waals surface area contributed by atoms with E-state index in [1.807, 2.05) is 12.1 Å². The summed E-state index contributed by atoms with van der Waals surface area (Å²) in [4.78, 5) is 10.1. The van der Waals surface area contributed by atoms with E-state index in [2.05, 4.69) is 20.8 Å². The van der Waals surface area contributed by atoms with Gasteiger partial charge in [-0.2, -0.15) is 0 Å². The minimum atomic E-state index is -0.376. The number of nitro groups is 1. The van der Waals surface area contributed by atoms with E-state index in [0.29, 0.717) is 0 Å². The fourth-order valence-electron chi connectivity index (χ4n) is 1.74. The molecule has 1 rings (SSSR count). The van der Waals surface area contributed by atoms with E-state index in [1.165, 1.54) is 0 Å². The van der Waals surface area contributed by atoms with Gasteiger partial charge in [0.1, 0.15) is 0 Å². The Labute approximate surface area is 108 Å². The molecule has 4 nitrogen and oxygen atoms in total. The number of nitrogens with two attached hydrogens (primary N) is 1. The number of non-ortho nitro benzene ring substituents is 1. The van der Waals surface area contributed by atoms with E-state index >= 15 is 0 Å². The van der Waals surface area contributed by atoms with E-state index in [9.17, 15) is 10.1 Å². The first-order valence-corrected chi connectivity index (χ1v) is 6.29. The van der Waals surface area contributed by atoms with E-state index in [4.69, 9.17) is 5.73 Å². The van der Waals surface area contributed by atoms with E-state index < -0.39 is 0 Å². The highest BCUT2D eigenvalue weighted by atomic mass is 16.6. The van der Waals surface area contributed by atoms with Gasteiger partial charge in [0, 0.05) is 18.2 Å². The zero-order valence-corrected chi connectivity index (χ0v) is 11.3. The normalized spacial score (nSPS) is 13.3. The summed E-state index contributed by atoms with van der Waals surface area (Å²) in [6, 6.07) is 6.94. The van der Waals surface area contributed by atoms with Crippen molar-refractivity contribution in [3.8, 4) is 0 Å². The maximum Gasteiger partial charge on any atom is 0.269 e. The Bertz CT molecular complexity index is 393. The lowest BCUT2D eigenvalue weighted by Gasteiger charge is -2.26. The van der Waals surface area contributed by atoms with Crippen LogP contribution in [0.4, 0.5) is 5.69 Å². The number of rotatable bonds is 5. The van der Waals surface area contributed by atoms with Gasteiger partial charge in [-0.25, -0.2) is 0 Å². The molecule has 1 atom stereocenters. The van der Waals surface area contributed by atoms with Crippen molar-refractivity contribution in [2.24, 2.45) is 11.1 Å². The molecule has 0 aliphatic carbocycles. The largest absolute Gasteiger partial charge is 0.327 e. The average molecular weight is 250 g/mol. The van der Waals surface area contributed by atoms with Crippen LogP contribution in [-0.4, -0.2) is 11.0 Å². The highest BCUT2D eigenvalue weighted by molar-refractivity contribution is 5.32. The lowest BCUT2D eigenvalue weighted by molar-refractivity contribution is -0.384. The number of nitrogens with zero attached hydrogens (tertiary/aromatic N) is 1. The van der Waals surface area contributed by atoms with Crippen LogP contribution in [0.2, 0.25) is 0 Å². The summed E-state index contributed by atoms with van der Waals surface area (Å²) >= 11 is 0. The molecule has 18 heavy (non-hydrogen) atoms. The third kappa shape index (κ3) is 4.45. The Balaban J connectivity index is 2.43. The van der Waals surface area contributed by atoms with Crippen LogP contribution in [0.1, 0.15) is 39.2 Å². The van der Waals surface area contributed by atoms with Gasteiger partial charge in [0.2, 0.25) is 0 Å². The summed E-state index contributed by atoms with van der Waals surface area (Å²) in [6.45, 7) is 6.43. The second-order valence-electron chi connectivity index (χ2n) is 5.79. The van der Waals surface area contributed by atoms with Crippen molar-refractivity contribution in [2.45, 2.75) is 46.1 Å². The lowest BCUT2D eigenvalue weighted by atomic mass is 9.84. The van der Waals surface area contributed by atoms with Gasteiger partial charge in [0.15, 0.2) is 0 Å². The van der Waals surface area contributed by atoms with E-state index in [0.717, 1.165) is 24.8 Å². The van der Waals surface area contributed by atoms with Gasteiger partial charge in [0.05, 0.1) is 4.92 Å². The quantitative estimate of drug-likeness (QED) is 0.644. The smallest absolute Gasteiger partial charge is 0.269 e. The predicted molar refractivity (Wildman–Crippen MR) is 73.5 cm³/mol. The number of hydrogen-bond acceptors (Lipinski definition) is 3. The molecule has 100 valence electrons. The first kappa shape index (κ1) is 14.6. The Hall–Kier alpha value is -1.42. The Morgan fingerprint density at radius 2 is 1.83 bits per heavy atom. The molecule has 0 aromatic heterocycles. The molecule has 0 heterocycles. The summed E-state index contributed by atoms with van der Waals surface area (Å²) in [5, 5.41) is 10.5. The zero-order valence-electron chi connectivity index (χ0n) is 11.3. The molecule has 4 heteroatoms. The summed E-state index contributed by atoms with van der Waals surface area (Å²) in [6.07, 6.45) is 2.90. The monoisotopic (exact) mass is 250 g/mol. The minimum absolute atomic E-state index is 0.134. The number of aryl methyl sites for hydroxylation is 1. The summed E-state index contributed by atoms with van der Waals surface area (Å²) < 4.78 is 0. The first-order valence-electron chi connectivity index (χ1n) is 6.29. The molecule has 0 spiro atoms. The SMILES string of the molecule is CC(C)(C)C(N)CCCc1ccc([N+](=O)[O-])cc1. The standard InChI is InChI=1S/C14H22N2O2/c1-14(2,3)13(15)6-4-5-11-7-9-12(10-8-11)16(17)18/h7-10,13H,4-6,15H2,1-3H3. The number of hydrogen-bond donors (Lipinski definition) is 1. The lowest BCUT2D eigenvalue weighted by Crippen LogP contribution is -2.34. The second kappa shape index (κ2) is 5.96. The van der Waals surface area contributed by atoms with Crippen LogP contribution in [0.15, 0.2) is 24.3 Å². The van der Waals surface area contributed by atoms with Crippen molar-refractivity contribution in [3.63, 3.8) is 0 Å². The van der Waals surface area contributed by atoms with Gasteiger partial charge in [-0.1, -0.05) is 32.9 Å². The van der Waals surface area contributed by atoms with Gasteiger partial charge in [0.25, 0.3) is 5.69 Å². The molecule has 1 unspecified atom stereocenters. The van der Waals surface area contributed by atoms with Crippen LogP contribution in [0.3, 0.4) is 0 Å². The molecule has 0 saturated heterocycles. The summed E-state index contributed by atoms with van der Waals surface area (Å²) in [5.41, 5.74) is 7.49. The summed E-state index contributed by atoms with van der Waals surface area (Å²) in [7, 11) is 0. The molecule has 0 aliphatic heterocycles. The molecule has 0 amide bonds. The molecule has 0 bridgehead atoms. The Kier molecular flexibility index (Phi) is 4.84. The van der Waals surface area contributed by atoms with Crippen molar-refractivity contribution in [1.29, 1.82) is 0 Å². The predicted octanol–water partition coefficient (Wildman–Crippen LogP) is 3.29. The molecule has 0 saturated carbocycles. The van der Waals surface area contributed by atoms with Gasteiger partial charge in [-0.3, -0.25) is 10.1 Å². The van der Waals surface area contributed by atoms with Crippen LogP contribution in [-0.2, 0) is 6.42 Å². The van der Waals surface area contributed by atoms with Gasteiger partial charge in [-0.05, 0) is 30.2 Å². The van der Waals surface area contributed by atoms with Crippen LogP contribution >= 0.6 is 0 Å². The van der Waals surface area contributed by atoms with Crippen molar-refractivity contribution >= 4 is 5.69 Å². The van der Waals surface area contributed by atoms with Gasteiger partial charge < -0.3 is 5.73 Å². The third-order valence-corrected chi connectivity index (χ3v) is 3.24. The molecular formula is C14H22N2O2. The highest BCUT2D eigenvalue weighted by Crippen LogP contribution is 2.22. The van der Waals surface area contributed by atoms with E-state index in [1.54, 1.807) is 12.1 Å². The van der Waals surface area contributed by atoms with Crippen molar-refractivity contribution in [1.82, 2.24) is 0 Å². The molecule has 0 radical (unpaired) electrons. The van der Waals surface area contributed by atoms with Crippen LogP contribution in [0.5, 0.6) is 0 Å². The second-order valence-corrected chi connectivity index (χ2v) is 5.79. The number of benzene rings is 1. The minimum Gasteiger partial charge on any atom is -0.327 e. The van der Waals surface area contributed by atoms with Crippen molar-refractivity contribution < 1.29 is 4.92 Å². The molecule has 1 aromatic rings. The fourth-order valence-corrected chi connectivity index (χ4v) is 1.74. The van der Waals surface area contributed by atoms with Crippen LogP contribution < -0.4 is 5.73 Å². The Morgan fingerprint density at radius 3 is 2.28 bits per heavy atom. The number of nitro benzene ring substituents is 1. The Morgan fingerprint density at radius 1 is 1.28 bits per heavy atom. The van der Waals surface area contributed by atoms with Crippen LogP contribution in [0.25, 0.3) is 0 Å². The maximum atomic E-state index is 10.5. The van der Waals surface area contributed by atoms with Crippen molar-refractivity contribution in [3.05, 3.63) is 39.9 Å². The topological polar surface area (TPSA) is 69.2 Å². The fraction of sp³-hybridized carbons (Fsp3) is 0.571. The first-order chi connectivity index (χ1) is 8.30. The third-order valence-electron chi connectivity index (χ3n) is 3.24. The maximum absolute atomic E-state index is 10.5. The van der Waals surface area contributed by atoms with Crippen LogP contribution in [0, 0.1) is 15.5 Å². The van der Waals surface area contributed by atoms with Gasteiger partial charge >= 0.3 is 0 Å². The molecule has 1 aromatic carbocycles. The highest BCUT2D eigenvalue weighted by Gasteiger charge is 2.19. The molecular weight excluding hydrogens is 228 g/mol. The summed E-state index contributed by atoms with van der Waals surface area (Å²) in [5.74, 6) is 0. The average Bonchev–Trinajstić information content (AvgIpc) is 2.28. The van der Waals surface area contributed by atoms with Crippen molar-refractivity contribution in [2.75, 3.05) is 0 Å². The molecule has 0 fully saturated rings. The zero-order chi connectivity index (χ0) is 13.8. The van der Waals surface area contributed by atoms with Gasteiger partial charge in [-0.15, -0.1) is 0 Å².